The molecule has 2 aromatic rings. The van der Waals surface area contributed by atoms with E-state index in [4.69, 9.17) is 0 Å². The van der Waals surface area contributed by atoms with Gasteiger partial charge in [-0.25, -0.2) is 0 Å². The highest BCUT2D eigenvalue weighted by atomic mass is 32.1. The topological polar surface area (TPSA) is 33.5 Å². The number of anilines is 1. The lowest BCUT2D eigenvalue weighted by molar-refractivity contribution is -0.907. The number of hydrogen-bond acceptors (Lipinski definition) is 2. The van der Waals surface area contributed by atoms with Crippen LogP contribution >= 0.6 is 11.3 Å². The molecule has 2 atom stereocenters. The fourth-order valence-electron chi connectivity index (χ4n) is 1.84. The Morgan fingerprint density at radius 2 is 2.00 bits per heavy atom. The Kier molecular flexibility index (Phi) is 4.71. The van der Waals surface area contributed by atoms with Gasteiger partial charge in [0, 0.05) is 5.69 Å². The molecule has 0 bridgehead atoms. The highest BCUT2D eigenvalue weighted by molar-refractivity contribution is 7.09. The Labute approximate surface area is 117 Å². The third-order valence-electron chi connectivity index (χ3n) is 3.21. The predicted molar refractivity (Wildman–Crippen MR) is 79.4 cm³/mol. The van der Waals surface area contributed by atoms with Gasteiger partial charge in [0.1, 0.15) is 6.54 Å². The minimum absolute atomic E-state index is 0.0558. The molecule has 0 radical (unpaired) electrons. The number of likely N-dealkylation sites (N-methyl/N-ethyl adjacent to an activating group) is 1. The van der Waals surface area contributed by atoms with Gasteiger partial charge in [0.2, 0.25) is 0 Å². The summed E-state index contributed by atoms with van der Waals surface area (Å²) < 4.78 is 0. The van der Waals surface area contributed by atoms with Gasteiger partial charge in [-0.3, -0.25) is 4.79 Å². The number of hydrogen-bond donors (Lipinski definition) is 2. The van der Waals surface area contributed by atoms with Gasteiger partial charge in [-0.1, -0.05) is 24.3 Å². The van der Waals surface area contributed by atoms with Crippen molar-refractivity contribution in [3.8, 4) is 0 Å². The van der Waals surface area contributed by atoms with Crippen molar-refractivity contribution < 1.29 is 9.69 Å². The van der Waals surface area contributed by atoms with Crippen LogP contribution in [0.5, 0.6) is 0 Å². The molecule has 1 aromatic carbocycles. The van der Waals surface area contributed by atoms with Gasteiger partial charge in [-0.05, 0) is 30.5 Å². The molecule has 1 aromatic heterocycles. The van der Waals surface area contributed by atoms with Crippen LogP contribution in [0.2, 0.25) is 0 Å². The lowest BCUT2D eigenvalue weighted by Gasteiger charge is -2.20. The number of benzene rings is 1. The second-order valence-corrected chi connectivity index (χ2v) is 5.71. The van der Waals surface area contributed by atoms with E-state index in [-0.39, 0.29) is 11.9 Å². The van der Waals surface area contributed by atoms with Crippen molar-refractivity contribution in [2.45, 2.75) is 19.5 Å². The maximum Gasteiger partial charge on any atom is 0.282 e. The molecule has 0 aliphatic rings. The van der Waals surface area contributed by atoms with Gasteiger partial charge in [0.25, 0.3) is 5.91 Å². The normalized spacial score (nSPS) is 13.8. The van der Waals surface area contributed by atoms with E-state index in [1.165, 1.54) is 9.78 Å². The van der Waals surface area contributed by atoms with Gasteiger partial charge < -0.3 is 10.2 Å². The Morgan fingerprint density at radius 3 is 2.63 bits per heavy atom. The number of carbonyl (C=O) groups is 1. The summed E-state index contributed by atoms with van der Waals surface area (Å²) in [7, 11) is 2.05. The lowest BCUT2D eigenvalue weighted by Crippen LogP contribution is -3.12. The molecular formula is C15H19N2OS+. The minimum Gasteiger partial charge on any atom is -0.323 e. The van der Waals surface area contributed by atoms with E-state index in [2.05, 4.69) is 23.8 Å². The number of nitrogens with one attached hydrogen (secondary N) is 2. The van der Waals surface area contributed by atoms with Crippen LogP contribution in [0, 0.1) is 0 Å². The van der Waals surface area contributed by atoms with Gasteiger partial charge >= 0.3 is 0 Å². The predicted octanol–water partition coefficient (Wildman–Crippen LogP) is 1.79. The summed E-state index contributed by atoms with van der Waals surface area (Å²) in [5.74, 6) is 0.0558. The molecule has 0 saturated heterocycles. The summed E-state index contributed by atoms with van der Waals surface area (Å²) in [4.78, 5) is 14.6. The van der Waals surface area contributed by atoms with Gasteiger partial charge in [0.15, 0.2) is 6.04 Å². The zero-order valence-corrected chi connectivity index (χ0v) is 12.0. The molecule has 19 heavy (non-hydrogen) atoms. The Morgan fingerprint density at radius 1 is 1.26 bits per heavy atom. The maximum absolute atomic E-state index is 12.2. The summed E-state index contributed by atoms with van der Waals surface area (Å²) in [5.41, 5.74) is 0.850. The van der Waals surface area contributed by atoms with Crippen molar-refractivity contribution in [3.05, 3.63) is 52.7 Å². The van der Waals surface area contributed by atoms with E-state index in [1.807, 2.05) is 43.3 Å². The molecule has 0 aliphatic carbocycles. The molecule has 0 aliphatic heterocycles. The number of rotatable bonds is 5. The van der Waals surface area contributed by atoms with E-state index < -0.39 is 0 Å². The number of thiophene rings is 1. The van der Waals surface area contributed by atoms with Crippen LogP contribution in [0.1, 0.15) is 11.8 Å². The van der Waals surface area contributed by atoms with Crippen LogP contribution < -0.4 is 10.2 Å². The van der Waals surface area contributed by atoms with E-state index in [1.54, 1.807) is 11.3 Å². The average Bonchev–Trinajstić information content (AvgIpc) is 2.91. The van der Waals surface area contributed by atoms with Crippen molar-refractivity contribution in [1.82, 2.24) is 0 Å². The molecule has 0 fully saturated rings. The lowest BCUT2D eigenvalue weighted by atomic mass is 10.2. The fourth-order valence-corrected chi connectivity index (χ4v) is 2.64. The molecule has 2 N–H and O–H groups in total. The first-order valence-electron chi connectivity index (χ1n) is 6.37. The van der Waals surface area contributed by atoms with Crippen molar-refractivity contribution >= 4 is 22.9 Å². The monoisotopic (exact) mass is 275 g/mol. The molecule has 1 unspecified atom stereocenters. The molecule has 3 nitrogen and oxygen atoms in total. The Hall–Kier alpha value is -1.65. The molecule has 100 valence electrons. The van der Waals surface area contributed by atoms with Gasteiger partial charge in [-0.2, -0.15) is 0 Å². The second-order valence-electron chi connectivity index (χ2n) is 4.68. The van der Waals surface area contributed by atoms with Crippen LogP contribution in [-0.4, -0.2) is 19.0 Å². The van der Waals surface area contributed by atoms with Crippen LogP contribution in [0.3, 0.4) is 0 Å². The summed E-state index contributed by atoms with van der Waals surface area (Å²) in [6.45, 7) is 2.84. The first-order valence-corrected chi connectivity index (χ1v) is 7.25. The van der Waals surface area contributed by atoms with Gasteiger partial charge in [-0.15, -0.1) is 11.3 Å². The largest absolute Gasteiger partial charge is 0.323 e. The van der Waals surface area contributed by atoms with E-state index in [9.17, 15) is 4.79 Å². The zero-order chi connectivity index (χ0) is 13.7. The van der Waals surface area contributed by atoms with E-state index in [0.717, 1.165) is 12.2 Å². The molecular weight excluding hydrogens is 256 g/mol. The maximum atomic E-state index is 12.2. The summed E-state index contributed by atoms with van der Waals surface area (Å²) >= 11 is 1.73. The Bertz CT molecular complexity index is 510. The van der Waals surface area contributed by atoms with Crippen LogP contribution in [0.25, 0.3) is 0 Å². The van der Waals surface area contributed by atoms with Crippen LogP contribution in [-0.2, 0) is 11.3 Å². The van der Waals surface area contributed by atoms with Crippen molar-refractivity contribution in [3.63, 3.8) is 0 Å². The first kappa shape index (κ1) is 13.8. The summed E-state index contributed by atoms with van der Waals surface area (Å²) in [6.07, 6.45) is 0. The minimum atomic E-state index is -0.0812. The molecule has 0 spiro atoms. The molecule has 1 amide bonds. The van der Waals surface area contributed by atoms with Crippen molar-refractivity contribution in [2.24, 2.45) is 0 Å². The van der Waals surface area contributed by atoms with Crippen LogP contribution in [0.15, 0.2) is 47.8 Å². The van der Waals surface area contributed by atoms with Crippen molar-refractivity contribution in [2.75, 3.05) is 12.4 Å². The smallest absolute Gasteiger partial charge is 0.282 e. The fraction of sp³-hybridized carbons (Fsp3) is 0.267. The number of carbonyl (C=O) groups excluding carboxylic acids is 1. The van der Waals surface area contributed by atoms with E-state index >= 15 is 0 Å². The molecule has 1 heterocycles. The van der Waals surface area contributed by atoms with Crippen LogP contribution in [0.4, 0.5) is 5.69 Å². The molecule has 0 saturated carbocycles. The number of amides is 1. The summed E-state index contributed by atoms with van der Waals surface area (Å²) in [5, 5.41) is 5.01. The van der Waals surface area contributed by atoms with E-state index in [0.29, 0.717) is 0 Å². The molecule has 4 heteroatoms. The van der Waals surface area contributed by atoms with Crippen molar-refractivity contribution in [1.29, 1.82) is 0 Å². The SMILES string of the molecule is C[C@H](C(=O)Nc1ccccc1)[NH+](C)Cc1cccs1. The quantitative estimate of drug-likeness (QED) is 0.857. The highest BCUT2D eigenvalue weighted by Gasteiger charge is 2.22. The first-order chi connectivity index (χ1) is 9.16. The summed E-state index contributed by atoms with van der Waals surface area (Å²) in [6, 6.07) is 13.6. The van der Waals surface area contributed by atoms with Gasteiger partial charge in [0.05, 0.1) is 11.9 Å². The third kappa shape index (κ3) is 3.91. The zero-order valence-electron chi connectivity index (χ0n) is 11.2. The average molecular weight is 275 g/mol. The third-order valence-corrected chi connectivity index (χ3v) is 4.08. The highest BCUT2D eigenvalue weighted by Crippen LogP contribution is 2.07. The standard InChI is InChI=1S/C15H18N2OS/c1-12(17(2)11-14-9-6-10-19-14)15(18)16-13-7-4-3-5-8-13/h3-10,12H,11H2,1-2H3,(H,16,18)/p+1/t12-/m1/s1. The molecule has 2 rings (SSSR count). The number of quaternary nitrogens is 1. The second kappa shape index (κ2) is 6.50. The number of para-hydroxylation sites is 1. The Balaban J connectivity index is 1.91.